The van der Waals surface area contributed by atoms with Gasteiger partial charge in [0.25, 0.3) is 0 Å². The smallest absolute Gasteiger partial charge is 0.307 e. The normalized spacial score (nSPS) is 20.9. The molecule has 0 amide bonds. The van der Waals surface area contributed by atoms with Gasteiger partial charge in [-0.2, -0.15) is 5.10 Å². The van der Waals surface area contributed by atoms with Crippen molar-refractivity contribution < 1.29 is 9.90 Å². The van der Waals surface area contributed by atoms with E-state index in [0.717, 1.165) is 31.8 Å². The summed E-state index contributed by atoms with van der Waals surface area (Å²) in [5.74, 6) is 0.525. The number of hydrogen-bond acceptors (Lipinski definition) is 4. The van der Waals surface area contributed by atoms with Gasteiger partial charge in [-0.15, -0.1) is 0 Å². The number of carbonyl (C=O) groups is 1. The summed E-state index contributed by atoms with van der Waals surface area (Å²) in [5, 5.41) is 13.3. The van der Waals surface area contributed by atoms with Gasteiger partial charge in [0.2, 0.25) is 0 Å². The van der Waals surface area contributed by atoms with Crippen LogP contribution in [0.15, 0.2) is 6.33 Å². The molecule has 1 aliphatic rings. The number of rotatable bonds is 5. The van der Waals surface area contributed by atoms with E-state index < -0.39 is 5.97 Å². The molecule has 1 fully saturated rings. The second kappa shape index (κ2) is 6.14. The lowest BCUT2D eigenvalue weighted by Gasteiger charge is -2.30. The van der Waals surface area contributed by atoms with Gasteiger partial charge in [-0.25, -0.2) is 9.67 Å². The van der Waals surface area contributed by atoms with E-state index in [0.29, 0.717) is 19.0 Å². The van der Waals surface area contributed by atoms with Gasteiger partial charge in [-0.1, -0.05) is 13.8 Å². The molecular formula is C13H22N4O2. The molecule has 0 bridgehead atoms. The molecule has 1 unspecified atom stereocenters. The molecule has 1 saturated heterocycles. The molecule has 1 atom stereocenters. The van der Waals surface area contributed by atoms with Crippen LogP contribution in [0.4, 0.5) is 0 Å². The number of hydrogen-bond donors (Lipinski definition) is 1. The first-order valence-corrected chi connectivity index (χ1v) is 6.88. The van der Waals surface area contributed by atoms with E-state index in [2.05, 4.69) is 28.8 Å². The van der Waals surface area contributed by atoms with Gasteiger partial charge in [0.1, 0.15) is 12.2 Å². The van der Waals surface area contributed by atoms with Crippen LogP contribution in [-0.4, -0.2) is 43.8 Å². The number of carboxylic acid groups (broad SMARTS) is 1. The van der Waals surface area contributed by atoms with E-state index in [9.17, 15) is 4.79 Å². The standard InChI is InChI=1S/C13H22N4O2/c1-10(2)6-17-12(14-9-15-17)8-16-5-3-4-11(7-16)13(18)19/h9-11H,3-8H2,1-2H3,(H,18,19). The largest absolute Gasteiger partial charge is 0.481 e. The first-order valence-electron chi connectivity index (χ1n) is 6.88. The highest BCUT2D eigenvalue weighted by Crippen LogP contribution is 2.18. The van der Waals surface area contributed by atoms with Crippen molar-refractivity contribution in [1.29, 1.82) is 0 Å². The number of aromatic nitrogens is 3. The summed E-state index contributed by atoms with van der Waals surface area (Å²) in [6.45, 7) is 7.39. The highest BCUT2D eigenvalue weighted by Gasteiger charge is 2.26. The maximum absolute atomic E-state index is 11.1. The minimum atomic E-state index is -0.687. The molecule has 106 valence electrons. The van der Waals surface area contributed by atoms with Gasteiger partial charge >= 0.3 is 5.97 Å². The van der Waals surface area contributed by atoms with Crippen molar-refractivity contribution in [2.45, 2.75) is 39.8 Å². The highest BCUT2D eigenvalue weighted by molar-refractivity contribution is 5.70. The van der Waals surface area contributed by atoms with Gasteiger partial charge in [0, 0.05) is 13.1 Å². The summed E-state index contributed by atoms with van der Waals surface area (Å²) in [6.07, 6.45) is 3.30. The Hall–Kier alpha value is -1.43. The lowest BCUT2D eigenvalue weighted by atomic mass is 9.98. The van der Waals surface area contributed by atoms with Crippen molar-refractivity contribution in [3.63, 3.8) is 0 Å². The quantitative estimate of drug-likeness (QED) is 0.868. The maximum atomic E-state index is 11.1. The fraction of sp³-hybridized carbons (Fsp3) is 0.769. The summed E-state index contributed by atoms with van der Waals surface area (Å²) in [4.78, 5) is 17.5. The van der Waals surface area contributed by atoms with Crippen LogP contribution in [0.3, 0.4) is 0 Å². The summed E-state index contributed by atoms with van der Waals surface area (Å²) in [7, 11) is 0. The maximum Gasteiger partial charge on any atom is 0.307 e. The van der Waals surface area contributed by atoms with E-state index >= 15 is 0 Å². The first-order chi connectivity index (χ1) is 9.06. The van der Waals surface area contributed by atoms with Gasteiger partial charge in [-0.3, -0.25) is 9.69 Å². The molecule has 1 aliphatic heterocycles. The zero-order valence-electron chi connectivity index (χ0n) is 11.6. The van der Waals surface area contributed by atoms with Crippen molar-refractivity contribution in [3.05, 3.63) is 12.2 Å². The summed E-state index contributed by atoms with van der Waals surface area (Å²) in [6, 6.07) is 0. The second-order valence-corrected chi connectivity index (χ2v) is 5.66. The number of nitrogens with zero attached hydrogens (tertiary/aromatic N) is 4. The Bertz CT molecular complexity index is 430. The SMILES string of the molecule is CC(C)Cn1ncnc1CN1CCCC(C(=O)O)C1. The average Bonchev–Trinajstić information content (AvgIpc) is 2.76. The number of aliphatic carboxylic acids is 1. The minimum Gasteiger partial charge on any atom is -0.481 e. The van der Waals surface area contributed by atoms with Crippen molar-refractivity contribution in [2.24, 2.45) is 11.8 Å². The van der Waals surface area contributed by atoms with Crippen molar-refractivity contribution in [1.82, 2.24) is 19.7 Å². The van der Waals surface area contributed by atoms with E-state index in [-0.39, 0.29) is 5.92 Å². The Balaban J connectivity index is 1.97. The number of carboxylic acids is 1. The molecule has 0 aliphatic carbocycles. The molecule has 1 aromatic heterocycles. The minimum absolute atomic E-state index is 0.241. The summed E-state index contributed by atoms with van der Waals surface area (Å²) >= 11 is 0. The van der Waals surface area contributed by atoms with E-state index in [1.165, 1.54) is 0 Å². The van der Waals surface area contributed by atoms with E-state index in [4.69, 9.17) is 5.11 Å². The third-order valence-electron chi connectivity index (χ3n) is 3.45. The molecule has 2 heterocycles. The fourth-order valence-corrected chi connectivity index (χ4v) is 2.51. The first kappa shape index (κ1) is 14.0. The molecule has 19 heavy (non-hydrogen) atoms. The lowest BCUT2D eigenvalue weighted by molar-refractivity contribution is -0.143. The average molecular weight is 266 g/mol. The van der Waals surface area contributed by atoms with Crippen LogP contribution in [0.5, 0.6) is 0 Å². The third-order valence-corrected chi connectivity index (χ3v) is 3.45. The van der Waals surface area contributed by atoms with Crippen LogP contribution in [0.25, 0.3) is 0 Å². The van der Waals surface area contributed by atoms with Crippen LogP contribution in [-0.2, 0) is 17.9 Å². The van der Waals surface area contributed by atoms with Crippen molar-refractivity contribution in [2.75, 3.05) is 13.1 Å². The zero-order chi connectivity index (χ0) is 13.8. The summed E-state index contributed by atoms with van der Waals surface area (Å²) in [5.41, 5.74) is 0. The van der Waals surface area contributed by atoms with E-state index in [1.807, 2.05) is 4.68 Å². The van der Waals surface area contributed by atoms with Crippen LogP contribution in [0.2, 0.25) is 0 Å². The second-order valence-electron chi connectivity index (χ2n) is 5.66. The van der Waals surface area contributed by atoms with Crippen LogP contribution in [0.1, 0.15) is 32.5 Å². The van der Waals surface area contributed by atoms with Gasteiger partial charge in [0.05, 0.1) is 12.5 Å². The molecule has 6 heteroatoms. The molecule has 0 aromatic carbocycles. The predicted molar refractivity (Wildman–Crippen MR) is 70.5 cm³/mol. The van der Waals surface area contributed by atoms with Crippen LogP contribution in [0, 0.1) is 11.8 Å². The zero-order valence-corrected chi connectivity index (χ0v) is 11.6. The Kier molecular flexibility index (Phi) is 4.52. The van der Waals surface area contributed by atoms with Crippen molar-refractivity contribution >= 4 is 5.97 Å². The lowest BCUT2D eigenvalue weighted by Crippen LogP contribution is -2.38. The fourth-order valence-electron chi connectivity index (χ4n) is 2.51. The molecular weight excluding hydrogens is 244 g/mol. The molecule has 0 spiro atoms. The Morgan fingerprint density at radius 2 is 2.37 bits per heavy atom. The Labute approximate surface area is 113 Å². The highest BCUT2D eigenvalue weighted by atomic mass is 16.4. The van der Waals surface area contributed by atoms with Crippen LogP contribution < -0.4 is 0 Å². The number of piperidine rings is 1. The molecule has 1 N–H and O–H groups in total. The molecule has 2 rings (SSSR count). The third kappa shape index (κ3) is 3.76. The summed E-state index contributed by atoms with van der Waals surface area (Å²) < 4.78 is 1.93. The van der Waals surface area contributed by atoms with Crippen molar-refractivity contribution in [3.8, 4) is 0 Å². The topological polar surface area (TPSA) is 71.2 Å². The van der Waals surface area contributed by atoms with Crippen LogP contribution >= 0.6 is 0 Å². The molecule has 6 nitrogen and oxygen atoms in total. The van der Waals surface area contributed by atoms with Gasteiger partial charge in [-0.05, 0) is 25.3 Å². The Morgan fingerprint density at radius 1 is 1.58 bits per heavy atom. The van der Waals surface area contributed by atoms with E-state index in [1.54, 1.807) is 6.33 Å². The predicted octanol–water partition coefficient (Wildman–Crippen LogP) is 1.23. The van der Waals surface area contributed by atoms with Gasteiger partial charge in [0.15, 0.2) is 0 Å². The Morgan fingerprint density at radius 3 is 3.05 bits per heavy atom. The molecule has 0 radical (unpaired) electrons. The molecule has 1 aromatic rings. The van der Waals surface area contributed by atoms with Gasteiger partial charge < -0.3 is 5.11 Å². The molecule has 0 saturated carbocycles. The number of likely N-dealkylation sites (tertiary alicyclic amines) is 1. The monoisotopic (exact) mass is 266 g/mol.